The summed E-state index contributed by atoms with van der Waals surface area (Å²) in [5, 5.41) is 0. The van der Waals surface area contributed by atoms with Gasteiger partial charge in [0.15, 0.2) is 0 Å². The maximum Gasteiger partial charge on any atom is 0.203 e. The van der Waals surface area contributed by atoms with Gasteiger partial charge in [0.25, 0.3) is 0 Å². The smallest absolute Gasteiger partial charge is 0.203 e. The standard InChI is InChI=1S/C10H14BrN3S/c11-8-7-12-10(13-9(8)15)14-5-3-1-2-4-6-14/h7H,1-6H2,(H,12,13,15). The SMILES string of the molecule is S=c1[nH]c(N2CCCCCC2)ncc1Br. The van der Waals surface area contributed by atoms with Gasteiger partial charge in [-0.3, -0.25) is 0 Å². The highest BCUT2D eigenvalue weighted by atomic mass is 79.9. The van der Waals surface area contributed by atoms with Crippen molar-refractivity contribution in [3.05, 3.63) is 15.3 Å². The first-order valence-corrected chi connectivity index (χ1v) is 6.47. The number of H-pyrrole nitrogens is 1. The lowest BCUT2D eigenvalue weighted by molar-refractivity contribution is 0.726. The molecule has 0 bridgehead atoms. The van der Waals surface area contributed by atoms with Crippen LogP contribution in [-0.4, -0.2) is 23.1 Å². The van der Waals surface area contributed by atoms with E-state index in [4.69, 9.17) is 12.2 Å². The minimum Gasteiger partial charge on any atom is -0.342 e. The van der Waals surface area contributed by atoms with E-state index in [1.54, 1.807) is 6.20 Å². The third-order valence-corrected chi connectivity index (χ3v) is 3.83. The van der Waals surface area contributed by atoms with E-state index in [0.29, 0.717) is 0 Å². The molecule has 2 rings (SSSR count). The molecule has 0 spiro atoms. The third kappa shape index (κ3) is 2.78. The maximum absolute atomic E-state index is 5.17. The summed E-state index contributed by atoms with van der Waals surface area (Å²) in [5.41, 5.74) is 0. The van der Waals surface area contributed by atoms with Crippen molar-refractivity contribution in [2.75, 3.05) is 18.0 Å². The van der Waals surface area contributed by atoms with Crippen LogP contribution >= 0.6 is 28.1 Å². The number of halogens is 1. The zero-order valence-corrected chi connectivity index (χ0v) is 10.9. The number of hydrogen-bond donors (Lipinski definition) is 1. The Kier molecular flexibility index (Phi) is 3.75. The Balaban J connectivity index is 2.20. The summed E-state index contributed by atoms with van der Waals surface area (Å²) in [5.74, 6) is 0.908. The summed E-state index contributed by atoms with van der Waals surface area (Å²) < 4.78 is 1.58. The molecule has 1 N–H and O–H groups in total. The second kappa shape index (κ2) is 5.07. The molecule has 1 aromatic heterocycles. The quantitative estimate of drug-likeness (QED) is 0.805. The number of aromatic amines is 1. The lowest BCUT2D eigenvalue weighted by Crippen LogP contribution is -2.25. The predicted octanol–water partition coefficient (Wildman–Crippen LogP) is 3.28. The highest BCUT2D eigenvalue weighted by Crippen LogP contribution is 2.17. The first-order valence-electron chi connectivity index (χ1n) is 5.27. The summed E-state index contributed by atoms with van der Waals surface area (Å²) in [6.45, 7) is 2.17. The van der Waals surface area contributed by atoms with Crippen molar-refractivity contribution < 1.29 is 0 Å². The van der Waals surface area contributed by atoms with Crippen LogP contribution in [0.3, 0.4) is 0 Å². The van der Waals surface area contributed by atoms with Crippen molar-refractivity contribution >= 4 is 34.1 Å². The largest absolute Gasteiger partial charge is 0.342 e. The van der Waals surface area contributed by atoms with Crippen molar-refractivity contribution in [2.45, 2.75) is 25.7 Å². The van der Waals surface area contributed by atoms with E-state index in [-0.39, 0.29) is 0 Å². The highest BCUT2D eigenvalue weighted by Gasteiger charge is 2.11. The van der Waals surface area contributed by atoms with E-state index in [2.05, 4.69) is 30.8 Å². The molecule has 0 saturated carbocycles. The first-order chi connectivity index (χ1) is 7.27. The molecule has 0 amide bonds. The molecule has 0 radical (unpaired) electrons. The Morgan fingerprint density at radius 1 is 1.27 bits per heavy atom. The van der Waals surface area contributed by atoms with E-state index in [1.807, 2.05) is 0 Å². The highest BCUT2D eigenvalue weighted by molar-refractivity contribution is 9.10. The predicted molar refractivity (Wildman–Crippen MR) is 67.8 cm³/mol. The lowest BCUT2D eigenvalue weighted by Gasteiger charge is -2.20. The molecule has 0 aliphatic carbocycles. The van der Waals surface area contributed by atoms with E-state index < -0.39 is 0 Å². The minimum atomic E-state index is 0.726. The van der Waals surface area contributed by atoms with E-state index in [0.717, 1.165) is 28.2 Å². The summed E-state index contributed by atoms with van der Waals surface area (Å²) in [6, 6.07) is 0. The average molecular weight is 288 g/mol. The van der Waals surface area contributed by atoms with Gasteiger partial charge >= 0.3 is 0 Å². The fraction of sp³-hybridized carbons (Fsp3) is 0.600. The molecule has 1 aliphatic rings. The molecule has 15 heavy (non-hydrogen) atoms. The molecule has 82 valence electrons. The number of anilines is 1. The van der Waals surface area contributed by atoms with Gasteiger partial charge in [0.05, 0.1) is 4.47 Å². The van der Waals surface area contributed by atoms with Gasteiger partial charge in [-0.1, -0.05) is 25.1 Å². The van der Waals surface area contributed by atoms with Gasteiger partial charge in [-0.15, -0.1) is 0 Å². The lowest BCUT2D eigenvalue weighted by atomic mass is 10.2. The first kappa shape index (κ1) is 11.1. The zero-order chi connectivity index (χ0) is 10.7. The normalized spacial score (nSPS) is 17.5. The van der Waals surface area contributed by atoms with Crippen molar-refractivity contribution in [1.82, 2.24) is 9.97 Å². The van der Waals surface area contributed by atoms with Gasteiger partial charge in [0, 0.05) is 19.3 Å². The van der Waals surface area contributed by atoms with Crippen LogP contribution in [0, 0.1) is 4.64 Å². The molecule has 0 unspecified atom stereocenters. The average Bonchev–Trinajstić information content (AvgIpc) is 2.50. The van der Waals surface area contributed by atoms with Crippen molar-refractivity contribution in [1.29, 1.82) is 0 Å². The van der Waals surface area contributed by atoms with E-state index in [1.165, 1.54) is 25.7 Å². The Bertz CT molecular complexity index is 382. The molecule has 0 aromatic carbocycles. The molecular weight excluding hydrogens is 274 g/mol. The fourth-order valence-electron chi connectivity index (χ4n) is 1.81. The second-order valence-corrected chi connectivity index (χ2v) is 5.05. The van der Waals surface area contributed by atoms with Gasteiger partial charge in [-0.2, -0.15) is 0 Å². The summed E-state index contributed by atoms with van der Waals surface area (Å²) in [7, 11) is 0. The second-order valence-electron chi connectivity index (χ2n) is 3.79. The molecule has 1 saturated heterocycles. The van der Waals surface area contributed by atoms with Gasteiger partial charge < -0.3 is 9.88 Å². The monoisotopic (exact) mass is 287 g/mol. The Hall–Kier alpha value is -0.420. The summed E-state index contributed by atoms with van der Waals surface area (Å²) in [4.78, 5) is 9.80. The topological polar surface area (TPSA) is 31.9 Å². The van der Waals surface area contributed by atoms with Crippen LogP contribution in [0.1, 0.15) is 25.7 Å². The Labute approximate surface area is 103 Å². The third-order valence-electron chi connectivity index (χ3n) is 2.65. The van der Waals surface area contributed by atoms with Gasteiger partial charge in [0.1, 0.15) is 4.64 Å². The van der Waals surface area contributed by atoms with Gasteiger partial charge in [-0.05, 0) is 28.8 Å². The molecule has 1 aromatic rings. The molecule has 1 aliphatic heterocycles. The number of hydrogen-bond acceptors (Lipinski definition) is 3. The Morgan fingerprint density at radius 2 is 1.93 bits per heavy atom. The van der Waals surface area contributed by atoms with Crippen LogP contribution in [0.15, 0.2) is 10.7 Å². The summed E-state index contributed by atoms with van der Waals surface area (Å²) in [6.07, 6.45) is 6.93. The van der Waals surface area contributed by atoms with Crippen LogP contribution in [0.2, 0.25) is 0 Å². The molecule has 5 heteroatoms. The molecule has 2 heterocycles. The van der Waals surface area contributed by atoms with Crippen molar-refractivity contribution in [3.8, 4) is 0 Å². The van der Waals surface area contributed by atoms with Gasteiger partial charge in [0.2, 0.25) is 5.95 Å². The van der Waals surface area contributed by atoms with E-state index >= 15 is 0 Å². The number of rotatable bonds is 1. The molecular formula is C10H14BrN3S. The fourth-order valence-corrected chi connectivity index (χ4v) is 2.16. The van der Waals surface area contributed by atoms with Crippen LogP contribution in [-0.2, 0) is 0 Å². The van der Waals surface area contributed by atoms with Crippen molar-refractivity contribution in [3.63, 3.8) is 0 Å². The number of aromatic nitrogens is 2. The van der Waals surface area contributed by atoms with Crippen LogP contribution < -0.4 is 4.90 Å². The van der Waals surface area contributed by atoms with Crippen LogP contribution in [0.5, 0.6) is 0 Å². The molecule has 1 fully saturated rings. The summed E-state index contributed by atoms with van der Waals surface area (Å²) >= 11 is 8.53. The maximum atomic E-state index is 5.17. The Morgan fingerprint density at radius 3 is 2.53 bits per heavy atom. The van der Waals surface area contributed by atoms with Crippen LogP contribution in [0.25, 0.3) is 0 Å². The van der Waals surface area contributed by atoms with Gasteiger partial charge in [-0.25, -0.2) is 4.98 Å². The number of nitrogens with one attached hydrogen (secondary N) is 1. The minimum absolute atomic E-state index is 0.726. The zero-order valence-electron chi connectivity index (χ0n) is 8.50. The molecule has 3 nitrogen and oxygen atoms in total. The number of nitrogens with zero attached hydrogens (tertiary/aromatic N) is 2. The van der Waals surface area contributed by atoms with Crippen molar-refractivity contribution in [2.24, 2.45) is 0 Å². The van der Waals surface area contributed by atoms with E-state index in [9.17, 15) is 0 Å². The van der Waals surface area contributed by atoms with Crippen LogP contribution in [0.4, 0.5) is 5.95 Å². The molecule has 0 atom stereocenters.